The number of benzene rings is 1. The van der Waals surface area contributed by atoms with E-state index < -0.39 is 28.8 Å². The predicted molar refractivity (Wildman–Crippen MR) is 128 cm³/mol. The maximum absolute atomic E-state index is 14.5. The lowest BCUT2D eigenvalue weighted by atomic mass is 10.1. The zero-order valence-electron chi connectivity index (χ0n) is 19.6. The van der Waals surface area contributed by atoms with Crippen LogP contribution < -0.4 is 16.9 Å². The van der Waals surface area contributed by atoms with Crippen molar-refractivity contribution >= 4 is 16.5 Å². The van der Waals surface area contributed by atoms with E-state index in [9.17, 15) is 27.2 Å². The Bertz CT molecular complexity index is 1460. The Labute approximate surface area is 202 Å². The lowest BCUT2D eigenvalue weighted by Crippen LogP contribution is -2.24. The number of unbranched alkanes of at least 4 members (excludes halogenated alkanes) is 2. The highest BCUT2D eigenvalue weighted by Gasteiger charge is 2.36. The molecule has 3 heterocycles. The lowest BCUT2D eigenvalue weighted by Gasteiger charge is -2.09. The molecule has 3 aromatic heterocycles. The van der Waals surface area contributed by atoms with Crippen molar-refractivity contribution in [3.8, 4) is 11.4 Å². The summed E-state index contributed by atoms with van der Waals surface area (Å²) in [6.45, 7) is 4.65. The van der Waals surface area contributed by atoms with E-state index in [-0.39, 0.29) is 5.56 Å². The summed E-state index contributed by atoms with van der Waals surface area (Å²) in [7, 11) is 0. The number of nitrogens with two attached hydrogens (primary N) is 1. The Morgan fingerprint density at radius 1 is 1.08 bits per heavy atom. The van der Waals surface area contributed by atoms with Crippen molar-refractivity contribution in [3.05, 3.63) is 80.6 Å². The fraction of sp³-hybridized carbons (Fsp3) is 0.292. The van der Waals surface area contributed by atoms with E-state index in [4.69, 9.17) is 5.73 Å². The minimum atomic E-state index is -4.74. The summed E-state index contributed by atoms with van der Waals surface area (Å²) < 4.78 is 52.1. The van der Waals surface area contributed by atoms with E-state index >= 15 is 0 Å². The van der Waals surface area contributed by atoms with Crippen LogP contribution in [0.4, 0.5) is 23.2 Å². The summed E-state index contributed by atoms with van der Waals surface area (Å²) in [6.07, 6.45) is 4.19. The minimum Gasteiger partial charge on any atom is -0.397 e. The van der Waals surface area contributed by atoms with Crippen LogP contribution in [0.3, 0.4) is 0 Å². The first-order valence-corrected chi connectivity index (χ1v) is 11.0. The van der Waals surface area contributed by atoms with Crippen molar-refractivity contribution in [1.82, 2.24) is 24.7 Å². The molecule has 0 aliphatic carbocycles. The number of H-pyrrole nitrogens is 1. The fourth-order valence-electron chi connectivity index (χ4n) is 3.42. The molecular formula is C24H24F4N6O2. The highest BCUT2D eigenvalue weighted by molar-refractivity contribution is 5.85. The monoisotopic (exact) mass is 504 g/mol. The molecule has 0 fully saturated rings. The SMILES string of the molecule is CCCCCn1ccc2cc(-c3ncc(C)cn3)c(F)cc2c1=O.Nc1cn[nH]c(=O)c1C(F)(F)F. The Morgan fingerprint density at radius 2 is 1.78 bits per heavy atom. The smallest absolute Gasteiger partial charge is 0.397 e. The molecule has 0 saturated carbocycles. The topological polar surface area (TPSA) is 120 Å². The number of hydrogen-bond acceptors (Lipinski definition) is 6. The number of anilines is 1. The molecule has 0 aliphatic rings. The third-order valence-electron chi connectivity index (χ3n) is 5.26. The number of alkyl halides is 3. The van der Waals surface area contributed by atoms with Crippen molar-refractivity contribution in [2.75, 3.05) is 5.73 Å². The molecule has 12 heteroatoms. The first kappa shape index (κ1) is 26.5. The summed E-state index contributed by atoms with van der Waals surface area (Å²) in [4.78, 5) is 31.4. The van der Waals surface area contributed by atoms with Crippen LogP contribution in [-0.2, 0) is 12.7 Å². The zero-order chi connectivity index (χ0) is 26.5. The second-order valence-electron chi connectivity index (χ2n) is 8.05. The molecule has 0 spiro atoms. The molecule has 4 rings (SSSR count). The average Bonchev–Trinajstić information content (AvgIpc) is 2.81. The molecule has 0 amide bonds. The quantitative estimate of drug-likeness (QED) is 0.306. The molecule has 0 bridgehead atoms. The van der Waals surface area contributed by atoms with Crippen LogP contribution >= 0.6 is 0 Å². The van der Waals surface area contributed by atoms with Gasteiger partial charge >= 0.3 is 6.18 Å². The van der Waals surface area contributed by atoms with Gasteiger partial charge in [0, 0.05) is 25.1 Å². The molecular weight excluding hydrogens is 480 g/mol. The van der Waals surface area contributed by atoms with Crippen molar-refractivity contribution in [1.29, 1.82) is 0 Å². The van der Waals surface area contributed by atoms with Gasteiger partial charge < -0.3 is 10.3 Å². The first-order valence-electron chi connectivity index (χ1n) is 11.0. The number of fused-ring (bicyclic) bond motifs is 1. The van der Waals surface area contributed by atoms with Crippen LogP contribution in [0.5, 0.6) is 0 Å². The van der Waals surface area contributed by atoms with Crippen molar-refractivity contribution in [2.45, 2.75) is 45.8 Å². The molecule has 0 atom stereocenters. The fourth-order valence-corrected chi connectivity index (χ4v) is 3.42. The molecule has 1 aromatic carbocycles. The maximum atomic E-state index is 14.5. The largest absolute Gasteiger partial charge is 0.423 e. The van der Waals surface area contributed by atoms with Gasteiger partial charge in [-0.15, -0.1) is 0 Å². The van der Waals surface area contributed by atoms with E-state index in [1.807, 2.05) is 13.0 Å². The number of aryl methyl sites for hydroxylation is 2. The number of pyridine rings is 1. The number of aromatic nitrogens is 5. The number of nitrogens with zero attached hydrogens (tertiary/aromatic N) is 4. The summed E-state index contributed by atoms with van der Waals surface area (Å²) in [5.74, 6) is -0.151. The van der Waals surface area contributed by atoms with Gasteiger partial charge in [-0.25, -0.2) is 19.5 Å². The van der Waals surface area contributed by atoms with Gasteiger partial charge in [-0.3, -0.25) is 9.59 Å². The first-order chi connectivity index (χ1) is 17.0. The molecule has 190 valence electrons. The Kier molecular flexibility index (Phi) is 8.18. The van der Waals surface area contributed by atoms with Gasteiger partial charge in [-0.1, -0.05) is 19.8 Å². The highest BCUT2D eigenvalue weighted by Crippen LogP contribution is 2.29. The third kappa shape index (κ3) is 6.12. The number of rotatable bonds is 5. The molecule has 0 saturated heterocycles. The van der Waals surface area contributed by atoms with Crippen molar-refractivity contribution in [2.24, 2.45) is 0 Å². The molecule has 36 heavy (non-hydrogen) atoms. The Hall–Kier alpha value is -4.09. The number of aromatic amines is 1. The Balaban J connectivity index is 0.000000253. The number of nitrogen functional groups attached to an aromatic ring is 1. The van der Waals surface area contributed by atoms with Crippen LogP contribution in [0.1, 0.15) is 37.3 Å². The van der Waals surface area contributed by atoms with Gasteiger partial charge in [0.15, 0.2) is 5.82 Å². The average molecular weight is 504 g/mol. The van der Waals surface area contributed by atoms with E-state index in [1.165, 1.54) is 6.07 Å². The minimum absolute atomic E-state index is 0.154. The predicted octanol–water partition coefficient (Wildman–Crippen LogP) is 4.47. The maximum Gasteiger partial charge on any atom is 0.423 e. The second-order valence-corrected chi connectivity index (χ2v) is 8.05. The highest BCUT2D eigenvalue weighted by atomic mass is 19.4. The van der Waals surface area contributed by atoms with E-state index in [0.29, 0.717) is 28.7 Å². The van der Waals surface area contributed by atoms with Crippen LogP contribution in [0, 0.1) is 12.7 Å². The number of halogens is 4. The zero-order valence-corrected chi connectivity index (χ0v) is 19.6. The van der Waals surface area contributed by atoms with Gasteiger partial charge in [-0.05, 0) is 42.5 Å². The molecule has 0 unspecified atom stereocenters. The van der Waals surface area contributed by atoms with Crippen LogP contribution in [-0.4, -0.2) is 24.7 Å². The van der Waals surface area contributed by atoms with Gasteiger partial charge in [0.1, 0.15) is 11.4 Å². The van der Waals surface area contributed by atoms with E-state index in [0.717, 1.165) is 31.0 Å². The van der Waals surface area contributed by atoms with Crippen LogP contribution in [0.2, 0.25) is 0 Å². The van der Waals surface area contributed by atoms with Crippen molar-refractivity contribution < 1.29 is 17.6 Å². The number of hydrogen-bond donors (Lipinski definition) is 2. The number of nitrogens with one attached hydrogen (secondary N) is 1. The normalized spacial score (nSPS) is 11.3. The van der Waals surface area contributed by atoms with Gasteiger partial charge in [0.25, 0.3) is 11.1 Å². The van der Waals surface area contributed by atoms with Gasteiger partial charge in [-0.2, -0.15) is 18.3 Å². The molecule has 0 radical (unpaired) electrons. The van der Waals surface area contributed by atoms with Crippen LogP contribution in [0.25, 0.3) is 22.2 Å². The Morgan fingerprint density at radius 3 is 2.36 bits per heavy atom. The third-order valence-corrected chi connectivity index (χ3v) is 5.26. The molecule has 8 nitrogen and oxygen atoms in total. The van der Waals surface area contributed by atoms with E-state index in [1.54, 1.807) is 34.3 Å². The van der Waals surface area contributed by atoms with Gasteiger partial charge in [0.2, 0.25) is 0 Å². The van der Waals surface area contributed by atoms with Crippen LogP contribution in [0.15, 0.2) is 52.6 Å². The molecule has 4 aromatic rings. The summed E-state index contributed by atoms with van der Waals surface area (Å²) >= 11 is 0. The standard InChI is InChI=1S/C19H20FN3O.C5H4F3N3O/c1-3-4-5-7-23-8-6-14-9-16(17(20)10-15(14)19(23)24)18-21-11-13(2)12-22-18;6-5(7,8)3-2(9)1-10-11-4(3)12/h6,8-12H,3-5,7H2,1-2H3;1H,(H3,9,11,12). The molecule has 3 N–H and O–H groups in total. The lowest BCUT2D eigenvalue weighted by molar-refractivity contribution is -0.138. The summed E-state index contributed by atoms with van der Waals surface area (Å²) in [5, 5.41) is 5.83. The molecule has 0 aliphatic heterocycles. The van der Waals surface area contributed by atoms with E-state index in [2.05, 4.69) is 22.0 Å². The van der Waals surface area contributed by atoms with Crippen molar-refractivity contribution in [3.63, 3.8) is 0 Å². The van der Waals surface area contributed by atoms with Gasteiger partial charge in [0.05, 0.1) is 22.8 Å². The second kappa shape index (κ2) is 11.1. The summed E-state index contributed by atoms with van der Waals surface area (Å²) in [6, 6.07) is 4.79. The summed E-state index contributed by atoms with van der Waals surface area (Å²) in [5.41, 5.74) is 2.56.